The van der Waals surface area contributed by atoms with E-state index < -0.39 is 4.92 Å². The smallest absolute Gasteiger partial charge is 0.258 e. The van der Waals surface area contributed by atoms with Crippen LogP contribution in [0.3, 0.4) is 0 Å². The maximum atomic E-state index is 10.5. The van der Waals surface area contributed by atoms with Crippen LogP contribution >= 0.6 is 0 Å². The normalized spacial score (nSPS) is 11.7. The largest absolute Gasteiger partial charge is 0.309 e. The van der Waals surface area contributed by atoms with Gasteiger partial charge in [-0.25, -0.2) is 0 Å². The van der Waals surface area contributed by atoms with Crippen LogP contribution in [0.25, 0.3) is 0 Å². The summed E-state index contributed by atoms with van der Waals surface area (Å²) < 4.78 is 1.66. The molecule has 0 fully saturated rings. The molecule has 72 valence electrons. The van der Waals surface area contributed by atoms with E-state index in [1.54, 1.807) is 11.6 Å². The lowest BCUT2D eigenvalue weighted by atomic mass is 10.1. The fourth-order valence-electron chi connectivity index (χ4n) is 1.26. The molecular weight excluding hydrogens is 170 g/mol. The minimum absolute atomic E-state index is 0.0786. The van der Waals surface area contributed by atoms with Crippen LogP contribution in [0, 0.1) is 17.0 Å². The zero-order valence-corrected chi connectivity index (χ0v) is 8.24. The Morgan fingerprint density at radius 2 is 2.08 bits per heavy atom. The van der Waals surface area contributed by atoms with Gasteiger partial charge in [0.2, 0.25) is 0 Å². The summed E-state index contributed by atoms with van der Waals surface area (Å²) in [5.41, 5.74) is 0.464. The number of nitrogens with zero attached hydrogens (tertiary/aromatic N) is 3. The van der Waals surface area contributed by atoms with Crippen molar-refractivity contribution in [3.05, 3.63) is 22.0 Å². The van der Waals surface area contributed by atoms with Gasteiger partial charge in [0, 0.05) is 0 Å². The van der Waals surface area contributed by atoms with Crippen molar-refractivity contribution in [3.8, 4) is 0 Å². The maximum absolute atomic E-state index is 10.5. The van der Waals surface area contributed by atoms with Crippen molar-refractivity contribution in [3.63, 3.8) is 0 Å². The molecule has 0 atom stereocenters. The highest BCUT2D eigenvalue weighted by Gasteiger charge is 2.23. The van der Waals surface area contributed by atoms with Crippen molar-refractivity contribution in [2.24, 2.45) is 0 Å². The third-order valence-corrected chi connectivity index (χ3v) is 1.82. The van der Waals surface area contributed by atoms with Crippen LogP contribution in [0.15, 0.2) is 6.20 Å². The van der Waals surface area contributed by atoms with Gasteiger partial charge in [-0.2, -0.15) is 5.10 Å². The van der Waals surface area contributed by atoms with Gasteiger partial charge in [-0.05, 0) is 27.7 Å². The zero-order chi connectivity index (χ0) is 10.2. The Morgan fingerprint density at radius 3 is 2.31 bits per heavy atom. The van der Waals surface area contributed by atoms with Gasteiger partial charge in [0.15, 0.2) is 0 Å². The van der Waals surface area contributed by atoms with E-state index in [-0.39, 0.29) is 11.2 Å². The molecule has 13 heavy (non-hydrogen) atoms. The van der Waals surface area contributed by atoms with E-state index in [0.717, 1.165) is 0 Å². The molecule has 0 aliphatic carbocycles. The molecule has 0 bridgehead atoms. The first kappa shape index (κ1) is 9.70. The second kappa shape index (κ2) is 2.83. The van der Waals surface area contributed by atoms with Crippen molar-refractivity contribution in [2.45, 2.75) is 33.2 Å². The van der Waals surface area contributed by atoms with Crippen molar-refractivity contribution in [2.75, 3.05) is 0 Å². The molecule has 1 rings (SSSR count). The number of rotatable bonds is 1. The van der Waals surface area contributed by atoms with Crippen molar-refractivity contribution in [1.29, 1.82) is 0 Å². The van der Waals surface area contributed by atoms with Crippen LogP contribution in [0.5, 0.6) is 0 Å². The Hall–Kier alpha value is -1.39. The van der Waals surface area contributed by atoms with Gasteiger partial charge in [-0.15, -0.1) is 0 Å². The van der Waals surface area contributed by atoms with E-state index in [9.17, 15) is 10.1 Å². The van der Waals surface area contributed by atoms with Gasteiger partial charge < -0.3 is 0 Å². The highest BCUT2D eigenvalue weighted by atomic mass is 16.6. The molecule has 0 amide bonds. The van der Waals surface area contributed by atoms with Crippen molar-refractivity contribution in [1.82, 2.24) is 9.78 Å². The number of hydrogen-bond donors (Lipinski definition) is 0. The minimum atomic E-state index is -0.412. The van der Waals surface area contributed by atoms with Crippen LogP contribution in [-0.4, -0.2) is 14.7 Å². The van der Waals surface area contributed by atoms with Crippen LogP contribution in [-0.2, 0) is 5.54 Å². The Kier molecular flexibility index (Phi) is 2.11. The summed E-state index contributed by atoms with van der Waals surface area (Å²) >= 11 is 0. The van der Waals surface area contributed by atoms with Crippen molar-refractivity contribution >= 4 is 5.69 Å². The summed E-state index contributed by atoms with van der Waals surface area (Å²) in [4.78, 5) is 10.1. The highest BCUT2D eigenvalue weighted by Crippen LogP contribution is 2.22. The summed E-state index contributed by atoms with van der Waals surface area (Å²) in [5, 5.41) is 14.5. The monoisotopic (exact) mass is 183 g/mol. The lowest BCUT2D eigenvalue weighted by molar-refractivity contribution is -0.385. The molecule has 0 aliphatic rings. The van der Waals surface area contributed by atoms with Gasteiger partial charge in [0.1, 0.15) is 11.9 Å². The van der Waals surface area contributed by atoms with E-state index in [1.807, 2.05) is 20.8 Å². The molecule has 0 aromatic carbocycles. The summed E-state index contributed by atoms with van der Waals surface area (Å²) in [6.45, 7) is 7.57. The first-order valence-corrected chi connectivity index (χ1v) is 4.03. The van der Waals surface area contributed by atoms with Crippen molar-refractivity contribution < 1.29 is 4.92 Å². The second-order valence-electron chi connectivity index (χ2n) is 3.95. The van der Waals surface area contributed by atoms with Crippen LogP contribution in [0.1, 0.15) is 26.5 Å². The third kappa shape index (κ3) is 1.68. The summed E-state index contributed by atoms with van der Waals surface area (Å²) in [7, 11) is 0. The van der Waals surface area contributed by atoms with Gasteiger partial charge >= 0.3 is 5.69 Å². The van der Waals surface area contributed by atoms with Crippen LogP contribution < -0.4 is 0 Å². The summed E-state index contributed by atoms with van der Waals surface area (Å²) in [6, 6.07) is 0. The molecule has 0 saturated heterocycles. The molecular formula is C8H13N3O2. The van der Waals surface area contributed by atoms with E-state index >= 15 is 0 Å². The first-order chi connectivity index (χ1) is 5.84. The van der Waals surface area contributed by atoms with Gasteiger partial charge in [-0.3, -0.25) is 14.8 Å². The minimum Gasteiger partial charge on any atom is -0.258 e. The van der Waals surface area contributed by atoms with E-state index in [2.05, 4.69) is 5.10 Å². The predicted molar refractivity (Wildman–Crippen MR) is 48.6 cm³/mol. The predicted octanol–water partition coefficient (Wildman–Crippen LogP) is 1.85. The molecule has 0 radical (unpaired) electrons. The molecule has 1 aromatic heterocycles. The fourth-order valence-corrected chi connectivity index (χ4v) is 1.26. The topological polar surface area (TPSA) is 61.0 Å². The summed E-state index contributed by atoms with van der Waals surface area (Å²) in [5.74, 6) is 0. The van der Waals surface area contributed by atoms with Gasteiger partial charge in [0.05, 0.1) is 10.5 Å². The molecule has 0 unspecified atom stereocenters. The highest BCUT2D eigenvalue weighted by molar-refractivity contribution is 5.32. The molecule has 1 aromatic rings. The molecule has 0 N–H and O–H groups in total. The standard InChI is InChI=1S/C8H13N3O2/c1-6-7(11(12)13)5-9-10(6)8(2,3)4/h5H,1-4H3. The maximum Gasteiger partial charge on any atom is 0.309 e. The molecule has 0 aliphatic heterocycles. The van der Waals surface area contributed by atoms with Crippen LogP contribution in [0.2, 0.25) is 0 Å². The Labute approximate surface area is 76.5 Å². The molecule has 0 spiro atoms. The third-order valence-electron chi connectivity index (χ3n) is 1.82. The molecule has 0 saturated carbocycles. The van der Waals surface area contributed by atoms with E-state index in [4.69, 9.17) is 0 Å². The SMILES string of the molecule is Cc1c([N+](=O)[O-])cnn1C(C)(C)C. The van der Waals surface area contributed by atoms with Crippen LogP contribution in [0.4, 0.5) is 5.69 Å². The average Bonchev–Trinajstić information content (AvgIpc) is 2.28. The first-order valence-electron chi connectivity index (χ1n) is 4.03. The fraction of sp³-hybridized carbons (Fsp3) is 0.625. The lowest BCUT2D eigenvalue weighted by Gasteiger charge is -2.20. The zero-order valence-electron chi connectivity index (χ0n) is 8.24. The second-order valence-corrected chi connectivity index (χ2v) is 3.95. The van der Waals surface area contributed by atoms with E-state index in [1.165, 1.54) is 6.20 Å². The Bertz CT molecular complexity index is 336. The van der Waals surface area contributed by atoms with Gasteiger partial charge in [-0.1, -0.05) is 0 Å². The lowest BCUT2D eigenvalue weighted by Crippen LogP contribution is -2.24. The number of hydrogen-bond acceptors (Lipinski definition) is 3. The molecule has 5 nitrogen and oxygen atoms in total. The molecule has 5 heteroatoms. The molecule has 1 heterocycles. The number of nitro groups is 1. The van der Waals surface area contributed by atoms with E-state index in [0.29, 0.717) is 5.69 Å². The van der Waals surface area contributed by atoms with Gasteiger partial charge in [0.25, 0.3) is 0 Å². The summed E-state index contributed by atoms with van der Waals surface area (Å²) in [6.07, 6.45) is 1.29. The Morgan fingerprint density at radius 1 is 1.54 bits per heavy atom. The Balaban J connectivity index is 3.22. The quantitative estimate of drug-likeness (QED) is 0.493. The number of aromatic nitrogens is 2. The average molecular weight is 183 g/mol.